The van der Waals surface area contributed by atoms with Gasteiger partial charge in [0.05, 0.1) is 0 Å². The first-order valence-corrected chi connectivity index (χ1v) is 23.7. The summed E-state index contributed by atoms with van der Waals surface area (Å²) in [5, 5.41) is 34.2. The molecule has 1 fully saturated rings. The van der Waals surface area contributed by atoms with Gasteiger partial charge in [0.15, 0.2) is 0 Å². The van der Waals surface area contributed by atoms with Gasteiger partial charge in [0, 0.05) is 97.2 Å². The largest absolute Gasteiger partial charge is 0.387 e. The van der Waals surface area contributed by atoms with Gasteiger partial charge in [-0.05, 0) is 59.3 Å². The number of nitrogens with two attached hydrogens (primary N) is 3. The van der Waals surface area contributed by atoms with Crippen LogP contribution in [0.1, 0.15) is 180 Å². The normalized spacial score (nSPS) is 9.35. The minimum absolute atomic E-state index is 0.127. The molecule has 23 heteroatoms. The summed E-state index contributed by atoms with van der Waals surface area (Å²) >= 11 is 0. The second-order valence-electron chi connectivity index (χ2n) is 13.3. The fourth-order valence-electron chi connectivity index (χ4n) is 2.77. The van der Waals surface area contributed by atoms with E-state index in [2.05, 4.69) is 43.0 Å². The van der Waals surface area contributed by atoms with E-state index in [9.17, 15) is 47.9 Å². The van der Waals surface area contributed by atoms with Crippen molar-refractivity contribution in [1.82, 2.24) is 42.7 Å². The maximum absolute atomic E-state index is 10.6. The molecule has 1 saturated carbocycles. The number of aliphatic hydroxyl groups is 1. The van der Waals surface area contributed by atoms with Crippen LogP contribution in [-0.4, -0.2) is 122 Å². The van der Waals surface area contributed by atoms with Gasteiger partial charge in [-0.1, -0.05) is 69.2 Å². The molecule has 0 saturated heterocycles. The summed E-state index contributed by atoms with van der Waals surface area (Å²) in [6.07, 6.45) is 10.3. The van der Waals surface area contributed by atoms with E-state index in [1.807, 2.05) is 76.2 Å². The molecule has 0 atom stereocenters. The molecule has 1 aliphatic rings. The van der Waals surface area contributed by atoms with E-state index >= 15 is 0 Å². The molecule has 16 N–H and O–H groups in total. The highest BCUT2D eigenvalue weighted by Crippen LogP contribution is 2.18. The van der Waals surface area contributed by atoms with Gasteiger partial charge < -0.3 is 59.5 Å². The van der Waals surface area contributed by atoms with Crippen LogP contribution in [0.3, 0.4) is 0 Å². The Morgan fingerprint density at radius 2 is 0.794 bits per heavy atom. The summed E-state index contributed by atoms with van der Waals surface area (Å²) in [6, 6.07) is 0.0873. The van der Waals surface area contributed by atoms with Crippen LogP contribution in [-0.2, 0) is 43.2 Å². The van der Waals surface area contributed by atoms with E-state index in [4.69, 9.17) is 21.8 Å². The van der Waals surface area contributed by atoms with Crippen LogP contribution in [0, 0.1) is 0 Å². The van der Waals surface area contributed by atoms with E-state index in [0.29, 0.717) is 70.5 Å². The highest BCUT2D eigenvalue weighted by atomic mass is 16.5. The number of amides is 11. The molecular weight excluding hydrogens is 887 g/mol. The predicted octanol–water partition coefficient (Wildman–Crippen LogP) is 2.43. The molecule has 11 amide bonds. The number of hydroxylamine groups is 1. The summed E-state index contributed by atoms with van der Waals surface area (Å²) < 4.78 is 0. The van der Waals surface area contributed by atoms with Gasteiger partial charge in [-0.3, -0.25) is 48.4 Å². The standard InChI is InChI=1S/C6H11NO.C5H11NO2.4C5H11NO.C4H10N2O.C4H9NO.C3H7NO2.C3H7NO/c1-2-6(8)7-5-3-4-5;1-2-3-6-5(8)4-7;1-3-4-5(7)6-2;3*1-3-5(7)6-4-2;1-2-3-6-4(5)7;1-2-3-4(5)6;1-2-3(5)4-6;1-2-3(4)5/h5H,2-4H2,1H3,(H,7,8);7H,2-4H2,1H3,(H,6,8);4*3-4H2,1-2H3,(H,6,7);2-3H2,1H3,(H3,5,6,7);2-3H2,1H3,(H2,5,6);6H,2H2,1H3,(H,4,5);2H2,1H3,(H2,4,5). The van der Waals surface area contributed by atoms with Crippen molar-refractivity contribution in [3.05, 3.63) is 0 Å². The molecule has 0 aromatic heterocycles. The maximum atomic E-state index is 10.6. The van der Waals surface area contributed by atoms with Crippen molar-refractivity contribution in [2.75, 3.05) is 46.4 Å². The van der Waals surface area contributed by atoms with Gasteiger partial charge in [0.1, 0.15) is 6.61 Å². The Morgan fingerprint density at radius 1 is 0.441 bits per heavy atom. The Kier molecular flexibility index (Phi) is 88.6. The number of nitrogens with one attached hydrogen (secondary N) is 8. The summed E-state index contributed by atoms with van der Waals surface area (Å²) in [4.78, 5) is 101. The first-order chi connectivity index (χ1) is 32.0. The molecule has 0 unspecified atom stereocenters. The number of rotatable bonds is 19. The fraction of sp³-hybridized carbons (Fsp3) is 0.778. The molecule has 406 valence electrons. The van der Waals surface area contributed by atoms with Crippen LogP contribution in [0.2, 0.25) is 0 Å². The quantitative estimate of drug-likeness (QED) is 0.0656. The molecule has 0 spiro atoms. The molecule has 0 bridgehead atoms. The number of urea groups is 1. The van der Waals surface area contributed by atoms with E-state index in [1.54, 1.807) is 20.9 Å². The van der Waals surface area contributed by atoms with Crippen molar-refractivity contribution in [2.24, 2.45) is 17.2 Å². The predicted molar refractivity (Wildman–Crippen MR) is 269 cm³/mol. The second-order valence-corrected chi connectivity index (χ2v) is 13.3. The smallest absolute Gasteiger partial charge is 0.312 e. The number of hydrogen-bond acceptors (Lipinski definition) is 12. The lowest BCUT2D eigenvalue weighted by Crippen LogP contribution is -2.29. The third-order valence-corrected chi connectivity index (χ3v) is 6.66. The lowest BCUT2D eigenvalue weighted by Gasteiger charge is -1.96. The van der Waals surface area contributed by atoms with Crippen molar-refractivity contribution in [3.63, 3.8) is 0 Å². The van der Waals surface area contributed by atoms with Gasteiger partial charge >= 0.3 is 6.03 Å². The highest BCUT2D eigenvalue weighted by Gasteiger charge is 2.22. The van der Waals surface area contributed by atoms with E-state index in [0.717, 1.165) is 45.3 Å². The van der Waals surface area contributed by atoms with Crippen LogP contribution in [0.5, 0.6) is 0 Å². The molecule has 1 aliphatic carbocycles. The van der Waals surface area contributed by atoms with Gasteiger partial charge in [0.25, 0.3) is 0 Å². The lowest BCUT2D eigenvalue weighted by atomic mass is 10.3. The molecule has 23 nitrogen and oxygen atoms in total. The molecule has 0 aromatic carbocycles. The zero-order chi connectivity index (χ0) is 55.1. The average Bonchev–Trinajstić information content (AvgIpc) is 4.15. The molecule has 0 heterocycles. The Morgan fingerprint density at radius 3 is 0.926 bits per heavy atom. The molecular formula is C45H99N11O12. The Labute approximate surface area is 408 Å². The zero-order valence-corrected chi connectivity index (χ0v) is 44.4. The Bertz CT molecular complexity index is 1150. The van der Waals surface area contributed by atoms with Gasteiger partial charge in [0.2, 0.25) is 53.2 Å². The molecule has 68 heavy (non-hydrogen) atoms. The first kappa shape index (κ1) is 82.5. The lowest BCUT2D eigenvalue weighted by molar-refractivity contribution is -0.129. The van der Waals surface area contributed by atoms with Gasteiger partial charge in [-0.2, -0.15) is 0 Å². The van der Waals surface area contributed by atoms with E-state index < -0.39 is 12.6 Å². The first-order valence-electron chi connectivity index (χ1n) is 23.7. The SMILES string of the molecule is CCC(=O)NC1CC1.CCC(=O)NO.CCC(N)=O.CCCC(=O)NC.CCCC(N)=O.CCCNC(=O)CO.CCCNC(N)=O.CCNC(=O)CC.CCNC(=O)CC.CCNC(=O)CC. The topological polar surface area (TPSA) is 385 Å². The number of aliphatic hydroxyl groups excluding tert-OH is 1. The minimum atomic E-state index is -0.443. The second kappa shape index (κ2) is 73.0. The van der Waals surface area contributed by atoms with Crippen LogP contribution in [0.4, 0.5) is 4.79 Å². The zero-order valence-electron chi connectivity index (χ0n) is 44.4. The van der Waals surface area contributed by atoms with E-state index in [1.165, 1.54) is 18.3 Å². The van der Waals surface area contributed by atoms with Crippen molar-refractivity contribution in [3.8, 4) is 0 Å². The van der Waals surface area contributed by atoms with Crippen LogP contribution in [0.25, 0.3) is 0 Å². The van der Waals surface area contributed by atoms with Crippen molar-refractivity contribution < 1.29 is 58.3 Å². The van der Waals surface area contributed by atoms with Gasteiger partial charge in [-0.15, -0.1) is 0 Å². The third kappa shape index (κ3) is 119. The maximum Gasteiger partial charge on any atom is 0.312 e. The summed E-state index contributed by atoms with van der Waals surface area (Å²) in [5.74, 6) is -0.410. The monoisotopic (exact) mass is 986 g/mol. The Balaban J connectivity index is -0.0000000815. The van der Waals surface area contributed by atoms with Gasteiger partial charge in [-0.25, -0.2) is 10.3 Å². The third-order valence-electron chi connectivity index (χ3n) is 6.66. The highest BCUT2D eigenvalue weighted by molar-refractivity contribution is 5.78. The summed E-state index contributed by atoms with van der Waals surface area (Å²) in [7, 11) is 1.65. The van der Waals surface area contributed by atoms with Crippen molar-refractivity contribution in [2.45, 2.75) is 186 Å². The summed E-state index contributed by atoms with van der Waals surface area (Å²) in [5.41, 5.74) is 15.6. The van der Waals surface area contributed by atoms with Crippen LogP contribution < -0.4 is 59.9 Å². The Hall–Kier alpha value is -5.58. The van der Waals surface area contributed by atoms with Crippen molar-refractivity contribution >= 4 is 59.2 Å². The minimum Gasteiger partial charge on any atom is -0.387 e. The number of hydrogen-bond donors (Lipinski definition) is 13. The van der Waals surface area contributed by atoms with E-state index in [-0.39, 0.29) is 53.2 Å². The molecule has 0 aliphatic heterocycles. The molecule has 0 radical (unpaired) electrons. The molecule has 0 aromatic rings. The number of primary amides is 3. The van der Waals surface area contributed by atoms with Crippen molar-refractivity contribution in [1.29, 1.82) is 0 Å². The summed E-state index contributed by atoms with van der Waals surface area (Å²) in [6.45, 7) is 27.5. The average molecular weight is 986 g/mol. The molecule has 1 rings (SSSR count). The fourth-order valence-corrected chi connectivity index (χ4v) is 2.77. The van der Waals surface area contributed by atoms with Crippen LogP contribution in [0.15, 0.2) is 0 Å². The van der Waals surface area contributed by atoms with Crippen LogP contribution >= 0.6 is 0 Å². The number of carbonyl (C=O) groups excluding carboxylic acids is 10. The number of carbonyl (C=O) groups is 10.